The van der Waals surface area contributed by atoms with Crippen LogP contribution in [0.2, 0.25) is 0 Å². The molecule has 1 aromatic carbocycles. The Morgan fingerprint density at radius 3 is 2.68 bits per heavy atom. The Morgan fingerprint density at radius 1 is 1.36 bits per heavy atom. The SMILES string of the molecule is NC(=O)[C@H]1CN(c2ccc(N3CCS(=O)CC3)c(F)c2)OO1. The van der Waals surface area contributed by atoms with Crippen molar-refractivity contribution in [2.45, 2.75) is 6.10 Å². The number of hydroxylamine groups is 1. The summed E-state index contributed by atoms with van der Waals surface area (Å²) < 4.78 is 25.7. The van der Waals surface area contributed by atoms with Gasteiger partial charge in [0.15, 0.2) is 6.10 Å². The van der Waals surface area contributed by atoms with Crippen molar-refractivity contribution in [2.24, 2.45) is 5.73 Å². The van der Waals surface area contributed by atoms with Crippen molar-refractivity contribution in [3.8, 4) is 0 Å². The van der Waals surface area contributed by atoms with Crippen LogP contribution in [0.15, 0.2) is 18.2 Å². The number of primary amides is 1. The highest BCUT2D eigenvalue weighted by molar-refractivity contribution is 7.85. The van der Waals surface area contributed by atoms with E-state index < -0.39 is 28.6 Å². The van der Waals surface area contributed by atoms with Crippen LogP contribution in [0.1, 0.15) is 0 Å². The molecule has 22 heavy (non-hydrogen) atoms. The fourth-order valence-corrected chi connectivity index (χ4v) is 3.44. The topological polar surface area (TPSA) is 85.1 Å². The molecule has 1 amide bonds. The van der Waals surface area contributed by atoms with Crippen LogP contribution in [0.5, 0.6) is 0 Å². The van der Waals surface area contributed by atoms with Crippen LogP contribution in [0.4, 0.5) is 15.8 Å². The highest BCUT2D eigenvalue weighted by Gasteiger charge is 2.31. The molecule has 0 saturated carbocycles. The largest absolute Gasteiger partial charge is 0.367 e. The molecule has 3 rings (SSSR count). The van der Waals surface area contributed by atoms with Crippen molar-refractivity contribution < 1.29 is 23.3 Å². The number of carbonyl (C=O) groups excluding carboxylic acids is 1. The lowest BCUT2D eigenvalue weighted by molar-refractivity contribution is -0.277. The summed E-state index contributed by atoms with van der Waals surface area (Å²) in [5, 5.41) is 1.27. The summed E-state index contributed by atoms with van der Waals surface area (Å²) >= 11 is 0. The van der Waals surface area contributed by atoms with Gasteiger partial charge in [-0.15, -0.1) is 4.99 Å². The van der Waals surface area contributed by atoms with E-state index in [0.717, 1.165) is 0 Å². The minimum absolute atomic E-state index is 0.108. The molecule has 0 unspecified atom stereocenters. The van der Waals surface area contributed by atoms with Crippen molar-refractivity contribution in [3.05, 3.63) is 24.0 Å². The van der Waals surface area contributed by atoms with Crippen LogP contribution in [-0.4, -0.2) is 47.4 Å². The van der Waals surface area contributed by atoms with Crippen LogP contribution in [0.25, 0.3) is 0 Å². The van der Waals surface area contributed by atoms with E-state index in [1.54, 1.807) is 12.1 Å². The lowest BCUT2D eigenvalue weighted by Crippen LogP contribution is -2.38. The molecule has 0 spiro atoms. The Kier molecular flexibility index (Phi) is 4.27. The molecule has 2 N–H and O–H groups in total. The summed E-state index contributed by atoms with van der Waals surface area (Å²) in [6.45, 7) is 1.24. The van der Waals surface area contributed by atoms with Crippen LogP contribution in [-0.2, 0) is 25.5 Å². The van der Waals surface area contributed by atoms with Gasteiger partial charge < -0.3 is 10.6 Å². The second-order valence-corrected chi connectivity index (χ2v) is 6.79. The Bertz CT molecular complexity index is 605. The monoisotopic (exact) mass is 329 g/mol. The molecule has 0 aliphatic carbocycles. The van der Waals surface area contributed by atoms with E-state index in [9.17, 15) is 13.4 Å². The van der Waals surface area contributed by atoms with Gasteiger partial charge in [-0.05, 0) is 12.1 Å². The van der Waals surface area contributed by atoms with Crippen molar-refractivity contribution in [1.29, 1.82) is 0 Å². The molecular weight excluding hydrogens is 313 g/mol. The van der Waals surface area contributed by atoms with Gasteiger partial charge in [-0.25, -0.2) is 9.45 Å². The van der Waals surface area contributed by atoms with Gasteiger partial charge in [0.25, 0.3) is 5.91 Å². The van der Waals surface area contributed by atoms with Crippen molar-refractivity contribution in [3.63, 3.8) is 0 Å². The van der Waals surface area contributed by atoms with Crippen LogP contribution in [0, 0.1) is 5.82 Å². The zero-order chi connectivity index (χ0) is 15.7. The summed E-state index contributed by atoms with van der Waals surface area (Å²) in [4.78, 5) is 22.5. The van der Waals surface area contributed by atoms with Gasteiger partial charge in [0, 0.05) is 41.5 Å². The number of nitrogens with zero attached hydrogens (tertiary/aromatic N) is 2. The van der Waals surface area contributed by atoms with E-state index in [0.29, 0.717) is 36.0 Å². The van der Waals surface area contributed by atoms with E-state index in [2.05, 4.69) is 0 Å². The number of carbonyl (C=O) groups is 1. The number of hydrogen-bond acceptors (Lipinski definition) is 6. The molecule has 2 heterocycles. The molecule has 0 aromatic heterocycles. The van der Waals surface area contributed by atoms with Gasteiger partial charge in [0.2, 0.25) is 0 Å². The first kappa shape index (κ1) is 15.2. The number of halogens is 1. The number of rotatable bonds is 3. The Hall–Kier alpha value is -1.71. The number of anilines is 2. The quantitative estimate of drug-likeness (QED) is 0.782. The van der Waals surface area contributed by atoms with Gasteiger partial charge >= 0.3 is 0 Å². The molecule has 2 fully saturated rings. The van der Waals surface area contributed by atoms with E-state index >= 15 is 0 Å². The molecule has 2 aliphatic heterocycles. The second-order valence-electron chi connectivity index (χ2n) is 5.09. The van der Waals surface area contributed by atoms with Gasteiger partial charge in [-0.2, -0.15) is 4.89 Å². The van der Waals surface area contributed by atoms with Gasteiger partial charge in [0.05, 0.1) is 17.9 Å². The van der Waals surface area contributed by atoms with E-state index in [1.165, 1.54) is 11.1 Å². The number of hydrogen-bond donors (Lipinski definition) is 1. The maximum atomic E-state index is 14.3. The maximum absolute atomic E-state index is 14.3. The first-order valence-corrected chi connectivity index (χ1v) is 8.33. The highest BCUT2D eigenvalue weighted by atomic mass is 32.2. The van der Waals surface area contributed by atoms with Crippen molar-refractivity contribution in [2.75, 3.05) is 41.1 Å². The lowest BCUT2D eigenvalue weighted by Gasteiger charge is -2.29. The molecule has 1 atom stereocenters. The van der Waals surface area contributed by atoms with Gasteiger partial charge in [-0.3, -0.25) is 9.00 Å². The van der Waals surface area contributed by atoms with Crippen molar-refractivity contribution >= 4 is 28.1 Å². The molecule has 2 saturated heterocycles. The summed E-state index contributed by atoms with van der Waals surface area (Å²) in [6.07, 6.45) is -0.875. The molecular formula is C13H16FN3O4S. The fourth-order valence-electron chi connectivity index (χ4n) is 2.39. The summed E-state index contributed by atoms with van der Waals surface area (Å²) in [7, 11) is -0.809. The Morgan fingerprint density at radius 2 is 2.09 bits per heavy atom. The molecule has 1 aromatic rings. The third-order valence-electron chi connectivity index (χ3n) is 3.64. The average Bonchev–Trinajstić information content (AvgIpc) is 2.98. The van der Waals surface area contributed by atoms with Crippen LogP contribution < -0.4 is 15.7 Å². The molecule has 0 bridgehead atoms. The predicted molar refractivity (Wildman–Crippen MR) is 79.0 cm³/mol. The van der Waals surface area contributed by atoms with E-state index in [1.807, 2.05) is 4.90 Å². The number of benzene rings is 1. The fraction of sp³-hybridized carbons (Fsp3) is 0.462. The zero-order valence-corrected chi connectivity index (χ0v) is 12.6. The van der Waals surface area contributed by atoms with E-state index in [4.69, 9.17) is 15.6 Å². The van der Waals surface area contributed by atoms with Crippen molar-refractivity contribution in [1.82, 2.24) is 0 Å². The summed E-state index contributed by atoms with van der Waals surface area (Å²) in [6, 6.07) is 4.63. The summed E-state index contributed by atoms with van der Waals surface area (Å²) in [5.74, 6) is 0.0481. The third-order valence-corrected chi connectivity index (χ3v) is 4.91. The van der Waals surface area contributed by atoms with E-state index in [-0.39, 0.29) is 6.54 Å². The maximum Gasteiger partial charge on any atom is 0.252 e. The lowest BCUT2D eigenvalue weighted by atomic mass is 10.2. The normalized spacial score (nSPS) is 23.0. The number of amides is 1. The minimum atomic E-state index is -0.875. The van der Waals surface area contributed by atoms with Gasteiger partial charge in [0.1, 0.15) is 5.82 Å². The summed E-state index contributed by atoms with van der Waals surface area (Å²) in [5.41, 5.74) is 6.03. The molecule has 0 radical (unpaired) electrons. The Labute approximate surface area is 129 Å². The second kappa shape index (κ2) is 6.19. The standard InChI is InChI=1S/C13H16FN3O4S/c14-10-7-9(17-8-12(13(15)18)20-21-17)1-2-11(10)16-3-5-22(19)6-4-16/h1-2,7,12H,3-6,8H2,(H2,15,18)/t12-/m1/s1. The average molecular weight is 329 g/mol. The molecule has 120 valence electrons. The first-order chi connectivity index (χ1) is 10.5. The minimum Gasteiger partial charge on any atom is -0.367 e. The molecule has 2 aliphatic rings. The molecule has 7 nitrogen and oxygen atoms in total. The zero-order valence-electron chi connectivity index (χ0n) is 11.7. The van der Waals surface area contributed by atoms with Crippen LogP contribution >= 0.6 is 0 Å². The molecule has 9 heteroatoms. The first-order valence-electron chi connectivity index (χ1n) is 6.84. The third kappa shape index (κ3) is 3.06. The van der Waals surface area contributed by atoms with Crippen LogP contribution in [0.3, 0.4) is 0 Å². The smallest absolute Gasteiger partial charge is 0.252 e. The Balaban J connectivity index is 1.72. The predicted octanol–water partition coefficient (Wildman–Crippen LogP) is -0.0685. The number of nitrogens with two attached hydrogens (primary N) is 1. The van der Waals surface area contributed by atoms with Gasteiger partial charge in [-0.1, -0.05) is 0 Å². The highest BCUT2D eigenvalue weighted by Crippen LogP contribution is 2.28.